The molecular weight excluding hydrogens is 188 g/mol. The van der Waals surface area contributed by atoms with E-state index in [1.807, 2.05) is 0 Å². The molecule has 0 aliphatic heterocycles. The van der Waals surface area contributed by atoms with Crippen LogP contribution in [0.4, 0.5) is 0 Å². The summed E-state index contributed by atoms with van der Waals surface area (Å²) in [7, 11) is 0. The van der Waals surface area contributed by atoms with Gasteiger partial charge in [0.15, 0.2) is 0 Å². The Balaban J connectivity index is 2.37. The van der Waals surface area contributed by atoms with Crippen molar-refractivity contribution in [3.63, 3.8) is 0 Å². The zero-order valence-corrected chi connectivity index (χ0v) is 10.1. The number of rotatable bonds is 3. The molecule has 0 saturated heterocycles. The summed E-state index contributed by atoms with van der Waals surface area (Å²) in [6, 6.07) is 0. The fourth-order valence-corrected chi connectivity index (χ4v) is 1.97. The minimum absolute atomic E-state index is 0.192. The average molecular weight is 210 g/mol. The molecule has 0 N–H and O–H groups in total. The van der Waals surface area contributed by atoms with Gasteiger partial charge < -0.3 is 4.74 Å². The first kappa shape index (κ1) is 12.3. The van der Waals surface area contributed by atoms with Crippen molar-refractivity contribution >= 4 is 5.97 Å². The van der Waals surface area contributed by atoms with E-state index in [1.165, 1.54) is 12.8 Å². The van der Waals surface area contributed by atoms with E-state index >= 15 is 0 Å². The van der Waals surface area contributed by atoms with E-state index in [4.69, 9.17) is 4.74 Å². The second-order valence-electron chi connectivity index (χ2n) is 5.35. The Kier molecular flexibility index (Phi) is 3.95. The second kappa shape index (κ2) is 4.82. The Hall–Kier alpha value is -0.790. The Morgan fingerprint density at radius 3 is 2.47 bits per heavy atom. The summed E-state index contributed by atoms with van der Waals surface area (Å²) < 4.78 is 5.24. The van der Waals surface area contributed by atoms with Crippen LogP contribution in [-0.2, 0) is 9.53 Å². The fraction of sp³-hybridized carbons (Fsp3) is 0.769. The summed E-state index contributed by atoms with van der Waals surface area (Å²) in [6.45, 7) is 10.3. The molecule has 0 aromatic carbocycles. The third kappa shape index (κ3) is 3.69. The van der Waals surface area contributed by atoms with E-state index in [-0.39, 0.29) is 11.4 Å². The number of carbonyl (C=O) groups is 1. The predicted octanol–water partition coefficient (Wildman–Crippen LogP) is 3.32. The van der Waals surface area contributed by atoms with Crippen molar-refractivity contribution in [2.24, 2.45) is 11.3 Å². The van der Waals surface area contributed by atoms with Gasteiger partial charge in [0.25, 0.3) is 0 Å². The first-order chi connectivity index (χ1) is 6.93. The zero-order valence-electron chi connectivity index (χ0n) is 10.1. The van der Waals surface area contributed by atoms with E-state index in [1.54, 1.807) is 6.92 Å². The minimum atomic E-state index is -0.255. The number of carbonyl (C=O) groups excluding carboxylic acids is 1. The molecule has 15 heavy (non-hydrogen) atoms. The van der Waals surface area contributed by atoms with Crippen LogP contribution < -0.4 is 0 Å². The molecule has 0 heterocycles. The largest absolute Gasteiger partial charge is 0.462 e. The normalized spacial score (nSPS) is 31.0. The topological polar surface area (TPSA) is 26.3 Å². The van der Waals surface area contributed by atoms with Gasteiger partial charge in [0.2, 0.25) is 0 Å². The quantitative estimate of drug-likeness (QED) is 0.527. The van der Waals surface area contributed by atoms with Crippen LogP contribution in [0.15, 0.2) is 12.2 Å². The first-order valence-electron chi connectivity index (χ1n) is 5.75. The maximum Gasteiger partial charge on any atom is 0.333 e. The van der Waals surface area contributed by atoms with E-state index in [0.29, 0.717) is 12.2 Å². The Labute approximate surface area is 92.7 Å². The number of ether oxygens (including phenoxy) is 1. The van der Waals surface area contributed by atoms with Crippen LogP contribution in [0.2, 0.25) is 0 Å². The van der Waals surface area contributed by atoms with E-state index in [0.717, 1.165) is 18.8 Å². The Morgan fingerprint density at radius 2 is 2.00 bits per heavy atom. The number of esters is 1. The van der Waals surface area contributed by atoms with Gasteiger partial charge in [0.1, 0.15) is 0 Å². The van der Waals surface area contributed by atoms with Crippen LogP contribution in [0, 0.1) is 11.3 Å². The van der Waals surface area contributed by atoms with Crippen LogP contribution in [0.25, 0.3) is 0 Å². The summed E-state index contributed by atoms with van der Waals surface area (Å²) in [5.41, 5.74) is 0.681. The lowest BCUT2D eigenvalue weighted by Crippen LogP contribution is -2.29. The molecule has 86 valence electrons. The number of hydrogen-bond acceptors (Lipinski definition) is 2. The van der Waals surface area contributed by atoms with Gasteiger partial charge in [-0.1, -0.05) is 33.3 Å². The van der Waals surface area contributed by atoms with Gasteiger partial charge >= 0.3 is 5.97 Å². The van der Waals surface area contributed by atoms with Crippen molar-refractivity contribution < 1.29 is 9.53 Å². The molecule has 2 nitrogen and oxygen atoms in total. The molecular formula is C13H22O2. The van der Waals surface area contributed by atoms with Gasteiger partial charge in [-0.15, -0.1) is 0 Å². The fourth-order valence-electron chi connectivity index (χ4n) is 1.97. The summed E-state index contributed by atoms with van der Waals surface area (Å²) in [5, 5.41) is 0. The SMILES string of the molecule is C=C(C)C(=O)OCC1(C)CCC(C)CC1. The van der Waals surface area contributed by atoms with Gasteiger partial charge in [0.05, 0.1) is 6.61 Å². The molecule has 1 saturated carbocycles. The van der Waals surface area contributed by atoms with Crippen molar-refractivity contribution in [3.05, 3.63) is 12.2 Å². The molecule has 0 aromatic rings. The molecule has 0 unspecified atom stereocenters. The maximum atomic E-state index is 11.3. The lowest BCUT2D eigenvalue weighted by Gasteiger charge is -2.35. The van der Waals surface area contributed by atoms with E-state index < -0.39 is 0 Å². The highest BCUT2D eigenvalue weighted by atomic mass is 16.5. The molecule has 0 amide bonds. The standard InChI is InChI=1S/C13H22O2/c1-10(2)12(14)15-9-13(4)7-5-11(3)6-8-13/h11H,1,5-9H2,2-4H3. The Bertz CT molecular complexity index is 247. The highest BCUT2D eigenvalue weighted by molar-refractivity contribution is 5.86. The monoisotopic (exact) mass is 210 g/mol. The van der Waals surface area contributed by atoms with Crippen molar-refractivity contribution in [2.45, 2.75) is 46.5 Å². The summed E-state index contributed by atoms with van der Waals surface area (Å²) in [4.78, 5) is 11.3. The van der Waals surface area contributed by atoms with Crippen LogP contribution in [0.3, 0.4) is 0 Å². The molecule has 0 bridgehead atoms. The van der Waals surface area contributed by atoms with E-state index in [2.05, 4.69) is 20.4 Å². The van der Waals surface area contributed by atoms with Crippen molar-refractivity contribution in [2.75, 3.05) is 6.61 Å². The van der Waals surface area contributed by atoms with Crippen LogP contribution in [-0.4, -0.2) is 12.6 Å². The van der Waals surface area contributed by atoms with Crippen molar-refractivity contribution in [1.29, 1.82) is 0 Å². The molecule has 1 aliphatic carbocycles. The highest BCUT2D eigenvalue weighted by Crippen LogP contribution is 2.38. The molecule has 0 atom stereocenters. The smallest absolute Gasteiger partial charge is 0.333 e. The second-order valence-corrected chi connectivity index (χ2v) is 5.35. The summed E-state index contributed by atoms with van der Waals surface area (Å²) >= 11 is 0. The number of hydrogen-bond donors (Lipinski definition) is 0. The van der Waals surface area contributed by atoms with Crippen LogP contribution in [0.1, 0.15) is 46.5 Å². The first-order valence-corrected chi connectivity index (χ1v) is 5.75. The van der Waals surface area contributed by atoms with Crippen molar-refractivity contribution in [3.8, 4) is 0 Å². The van der Waals surface area contributed by atoms with Gasteiger partial charge in [-0.05, 0) is 25.7 Å². The van der Waals surface area contributed by atoms with Crippen molar-refractivity contribution in [1.82, 2.24) is 0 Å². The molecule has 0 spiro atoms. The third-order valence-corrected chi connectivity index (χ3v) is 3.38. The lowest BCUT2D eigenvalue weighted by molar-refractivity contribution is -0.143. The van der Waals surface area contributed by atoms with Gasteiger partial charge in [0, 0.05) is 11.0 Å². The van der Waals surface area contributed by atoms with Gasteiger partial charge in [-0.2, -0.15) is 0 Å². The summed E-state index contributed by atoms with van der Waals surface area (Å²) in [5.74, 6) is 0.574. The highest BCUT2D eigenvalue weighted by Gasteiger charge is 2.30. The molecule has 2 heteroatoms. The van der Waals surface area contributed by atoms with Crippen LogP contribution >= 0.6 is 0 Å². The average Bonchev–Trinajstić information content (AvgIpc) is 2.19. The zero-order chi connectivity index (χ0) is 11.5. The molecule has 1 aliphatic rings. The minimum Gasteiger partial charge on any atom is -0.462 e. The maximum absolute atomic E-state index is 11.3. The molecule has 1 fully saturated rings. The molecule has 0 radical (unpaired) electrons. The predicted molar refractivity (Wildman–Crippen MR) is 61.5 cm³/mol. The summed E-state index contributed by atoms with van der Waals surface area (Å²) in [6.07, 6.45) is 4.83. The third-order valence-electron chi connectivity index (χ3n) is 3.38. The van der Waals surface area contributed by atoms with E-state index in [9.17, 15) is 4.79 Å². The molecule has 0 aromatic heterocycles. The van der Waals surface area contributed by atoms with Gasteiger partial charge in [-0.25, -0.2) is 4.79 Å². The van der Waals surface area contributed by atoms with Gasteiger partial charge in [-0.3, -0.25) is 0 Å². The lowest BCUT2D eigenvalue weighted by atomic mass is 9.73. The van der Waals surface area contributed by atoms with Crippen LogP contribution in [0.5, 0.6) is 0 Å². The Morgan fingerprint density at radius 1 is 1.47 bits per heavy atom. The molecule has 1 rings (SSSR count).